The molecule has 31 heavy (non-hydrogen) atoms. The van der Waals surface area contributed by atoms with Gasteiger partial charge in [0.1, 0.15) is 0 Å². The number of carbonyl (C=O) groups is 1. The van der Waals surface area contributed by atoms with Crippen molar-refractivity contribution in [3.05, 3.63) is 60.2 Å². The molecule has 4 unspecified atom stereocenters. The summed E-state index contributed by atoms with van der Waals surface area (Å²) >= 11 is 0. The summed E-state index contributed by atoms with van der Waals surface area (Å²) < 4.78 is 0. The Morgan fingerprint density at radius 2 is 1.65 bits per heavy atom. The van der Waals surface area contributed by atoms with E-state index in [1.807, 2.05) is 6.07 Å². The molecule has 2 rings (SSSR count). The van der Waals surface area contributed by atoms with E-state index in [4.69, 9.17) is 5.73 Å². The van der Waals surface area contributed by atoms with Gasteiger partial charge >= 0.3 is 5.97 Å². The molecule has 0 aliphatic heterocycles. The molecule has 0 saturated carbocycles. The highest BCUT2D eigenvalue weighted by Crippen LogP contribution is 2.41. The summed E-state index contributed by atoms with van der Waals surface area (Å²) in [5, 5.41) is 9.61. The topological polar surface area (TPSA) is 63.3 Å². The monoisotopic (exact) mass is 425 g/mol. The molecule has 1 aromatic carbocycles. The van der Waals surface area contributed by atoms with Crippen molar-refractivity contribution >= 4 is 5.97 Å². The summed E-state index contributed by atoms with van der Waals surface area (Å²) in [4.78, 5) is 11.7. The van der Waals surface area contributed by atoms with Crippen LogP contribution in [0.4, 0.5) is 0 Å². The fourth-order valence-electron chi connectivity index (χ4n) is 5.14. The van der Waals surface area contributed by atoms with Gasteiger partial charge in [0.2, 0.25) is 0 Å². The van der Waals surface area contributed by atoms with Crippen molar-refractivity contribution < 1.29 is 9.90 Å². The molecule has 3 N–H and O–H groups in total. The number of aliphatic carboxylic acids is 1. The van der Waals surface area contributed by atoms with Crippen LogP contribution >= 0.6 is 0 Å². The van der Waals surface area contributed by atoms with Crippen LogP contribution in [0.5, 0.6) is 0 Å². The maximum atomic E-state index is 11.7. The lowest BCUT2D eigenvalue weighted by Gasteiger charge is -2.39. The Labute approximate surface area is 189 Å². The van der Waals surface area contributed by atoms with E-state index in [0.29, 0.717) is 18.4 Å². The highest BCUT2D eigenvalue weighted by molar-refractivity contribution is 5.67. The Kier molecular flexibility index (Phi) is 12.3. The molecule has 172 valence electrons. The predicted octanol–water partition coefficient (Wildman–Crippen LogP) is 6.78. The number of carboxylic acids is 1. The molecule has 0 saturated heterocycles. The Hall–Kier alpha value is -1.87. The fourth-order valence-corrected chi connectivity index (χ4v) is 5.14. The van der Waals surface area contributed by atoms with E-state index in [-0.39, 0.29) is 18.3 Å². The molecule has 0 radical (unpaired) electrons. The Balaban J connectivity index is 1.94. The third-order valence-corrected chi connectivity index (χ3v) is 6.78. The van der Waals surface area contributed by atoms with Crippen LogP contribution in [0, 0.1) is 23.7 Å². The van der Waals surface area contributed by atoms with Crippen molar-refractivity contribution in [1.82, 2.24) is 0 Å². The highest BCUT2D eigenvalue weighted by atomic mass is 16.4. The quantitative estimate of drug-likeness (QED) is 0.240. The molecule has 0 amide bonds. The van der Waals surface area contributed by atoms with Gasteiger partial charge in [-0.15, -0.1) is 0 Å². The van der Waals surface area contributed by atoms with Crippen molar-refractivity contribution in [2.75, 3.05) is 6.54 Å². The lowest BCUT2D eigenvalue weighted by atomic mass is 9.65. The first-order valence-corrected chi connectivity index (χ1v) is 12.4. The van der Waals surface area contributed by atoms with Crippen LogP contribution in [0.25, 0.3) is 0 Å². The molecule has 3 nitrogen and oxygen atoms in total. The maximum Gasteiger partial charge on any atom is 0.303 e. The number of allylic oxidation sites excluding steroid dienone is 4. The van der Waals surface area contributed by atoms with E-state index >= 15 is 0 Å². The average molecular weight is 426 g/mol. The number of carboxylic acid groups (broad SMARTS) is 1. The minimum atomic E-state index is -0.690. The van der Waals surface area contributed by atoms with E-state index in [1.54, 1.807) is 0 Å². The van der Waals surface area contributed by atoms with Crippen LogP contribution in [0.2, 0.25) is 0 Å². The lowest BCUT2D eigenvalue weighted by Crippen LogP contribution is -2.35. The number of hydrogen-bond acceptors (Lipinski definition) is 2. The van der Waals surface area contributed by atoms with E-state index in [2.05, 4.69) is 55.5 Å². The van der Waals surface area contributed by atoms with Crippen LogP contribution in [-0.2, 0) is 11.2 Å². The number of hydrogen-bond donors (Lipinski definition) is 2. The summed E-state index contributed by atoms with van der Waals surface area (Å²) in [6, 6.07) is 10.4. The van der Waals surface area contributed by atoms with Crippen molar-refractivity contribution in [3.63, 3.8) is 0 Å². The van der Waals surface area contributed by atoms with Gasteiger partial charge in [-0.2, -0.15) is 0 Å². The Bertz CT molecular complexity index is 667. The third-order valence-electron chi connectivity index (χ3n) is 6.78. The summed E-state index contributed by atoms with van der Waals surface area (Å²) in [5.74, 6) is 0.542. The third kappa shape index (κ3) is 9.43. The van der Waals surface area contributed by atoms with Crippen molar-refractivity contribution in [2.45, 2.75) is 77.6 Å². The molecule has 4 atom stereocenters. The standard InChI is InChI=1S/C28H43NO2/c1-2-3-4-5-6-7-8-9-13-16-24-17-18-25(21-23-14-11-10-12-15-23)27(22-28(30)31)26(24)19-20-29/h7-8,10-12,14-15,17-18,24-27H,2-6,9,13,16,19-22,29H2,1H3,(H,30,31). The van der Waals surface area contributed by atoms with Gasteiger partial charge in [0.15, 0.2) is 0 Å². The normalized spacial score (nSPS) is 23.4. The van der Waals surface area contributed by atoms with Crippen LogP contribution in [-0.4, -0.2) is 17.6 Å². The van der Waals surface area contributed by atoms with E-state index in [9.17, 15) is 9.90 Å². The van der Waals surface area contributed by atoms with E-state index in [1.165, 1.54) is 37.7 Å². The summed E-state index contributed by atoms with van der Waals surface area (Å²) in [7, 11) is 0. The van der Waals surface area contributed by atoms with Crippen molar-refractivity contribution in [1.29, 1.82) is 0 Å². The minimum Gasteiger partial charge on any atom is -0.481 e. The molecule has 0 heterocycles. The molecule has 1 aliphatic carbocycles. The van der Waals surface area contributed by atoms with E-state index < -0.39 is 5.97 Å². The maximum absolute atomic E-state index is 11.7. The molecule has 0 fully saturated rings. The van der Waals surface area contributed by atoms with Gasteiger partial charge in [0.05, 0.1) is 0 Å². The Morgan fingerprint density at radius 1 is 0.935 bits per heavy atom. The first-order valence-electron chi connectivity index (χ1n) is 12.4. The molecule has 0 aromatic heterocycles. The second kappa shape index (κ2) is 15.0. The zero-order chi connectivity index (χ0) is 22.3. The molecule has 0 bridgehead atoms. The smallest absolute Gasteiger partial charge is 0.303 e. The molecule has 3 heteroatoms. The largest absolute Gasteiger partial charge is 0.481 e. The number of unbranched alkanes of at least 4 members (excludes halogenated alkanes) is 5. The predicted molar refractivity (Wildman–Crippen MR) is 131 cm³/mol. The fraction of sp³-hybridized carbons (Fsp3) is 0.607. The lowest BCUT2D eigenvalue weighted by molar-refractivity contribution is -0.139. The molecule has 1 aromatic rings. The second-order valence-corrected chi connectivity index (χ2v) is 9.16. The van der Waals surface area contributed by atoms with Crippen molar-refractivity contribution in [2.24, 2.45) is 29.4 Å². The second-order valence-electron chi connectivity index (χ2n) is 9.16. The van der Waals surface area contributed by atoms with Crippen LogP contribution in [0.3, 0.4) is 0 Å². The van der Waals surface area contributed by atoms with Gasteiger partial charge in [-0.05, 0) is 80.7 Å². The van der Waals surface area contributed by atoms with Gasteiger partial charge in [0, 0.05) is 6.42 Å². The Morgan fingerprint density at radius 3 is 2.32 bits per heavy atom. The zero-order valence-corrected chi connectivity index (χ0v) is 19.4. The minimum absolute atomic E-state index is 0.158. The van der Waals surface area contributed by atoms with Crippen LogP contribution in [0.1, 0.15) is 76.7 Å². The molecular formula is C28H43NO2. The molecule has 0 spiro atoms. The molecule has 1 aliphatic rings. The first-order chi connectivity index (χ1) is 15.2. The van der Waals surface area contributed by atoms with Gasteiger partial charge in [-0.25, -0.2) is 0 Å². The van der Waals surface area contributed by atoms with Gasteiger partial charge < -0.3 is 10.8 Å². The highest BCUT2D eigenvalue weighted by Gasteiger charge is 2.36. The number of rotatable bonds is 15. The first kappa shape index (κ1) is 25.4. The van der Waals surface area contributed by atoms with E-state index in [0.717, 1.165) is 32.1 Å². The summed E-state index contributed by atoms with van der Waals surface area (Å²) in [6.45, 7) is 2.87. The average Bonchev–Trinajstić information content (AvgIpc) is 2.76. The SMILES string of the molecule is CCCCCCC=CCCCC1C=CC(Cc2ccccc2)C(CC(=O)O)C1CCN. The number of nitrogens with two attached hydrogens (primary N) is 1. The molecular weight excluding hydrogens is 382 g/mol. The number of benzene rings is 1. The van der Waals surface area contributed by atoms with Crippen molar-refractivity contribution in [3.8, 4) is 0 Å². The summed E-state index contributed by atoms with van der Waals surface area (Å²) in [6.07, 6.45) is 21.3. The van der Waals surface area contributed by atoms with Gasteiger partial charge in [-0.1, -0.05) is 80.8 Å². The van der Waals surface area contributed by atoms with Gasteiger partial charge in [-0.3, -0.25) is 4.79 Å². The van der Waals surface area contributed by atoms with Crippen LogP contribution in [0.15, 0.2) is 54.6 Å². The summed E-state index contributed by atoms with van der Waals surface area (Å²) in [5.41, 5.74) is 7.25. The van der Waals surface area contributed by atoms with Crippen LogP contribution < -0.4 is 5.73 Å². The van der Waals surface area contributed by atoms with Gasteiger partial charge in [0.25, 0.3) is 0 Å². The zero-order valence-electron chi connectivity index (χ0n) is 19.4.